The number of likely N-dealkylation sites (N-methyl/N-ethyl adjacent to an activating group) is 1. The molecule has 1 saturated carbocycles. The summed E-state index contributed by atoms with van der Waals surface area (Å²) in [7, 11) is 3.78. The number of carbonyl (C=O) groups excluding carboxylic acids is 1. The van der Waals surface area contributed by atoms with Crippen LogP contribution >= 0.6 is 0 Å². The molecule has 0 heterocycles. The maximum atomic E-state index is 11.7. The zero-order chi connectivity index (χ0) is 11.5. The molecule has 1 aliphatic rings. The third-order valence-corrected chi connectivity index (χ3v) is 2.46. The van der Waals surface area contributed by atoms with Gasteiger partial charge in [0, 0.05) is 5.56 Å². The largest absolute Gasteiger partial charge is 0.490 e. The molecule has 0 aromatic heterocycles. The molecule has 0 radical (unpaired) electrons. The molecule has 1 aromatic rings. The Kier molecular flexibility index (Phi) is 3.25. The minimum absolute atomic E-state index is 0.142. The Morgan fingerprint density at radius 3 is 2.44 bits per heavy atom. The van der Waals surface area contributed by atoms with Crippen LogP contribution in [0.5, 0.6) is 5.75 Å². The third kappa shape index (κ3) is 3.07. The first-order chi connectivity index (χ1) is 7.65. The Hall–Kier alpha value is -1.35. The molecule has 1 aromatic carbocycles. The van der Waals surface area contributed by atoms with Crippen molar-refractivity contribution < 1.29 is 9.53 Å². The van der Waals surface area contributed by atoms with E-state index in [-0.39, 0.29) is 5.78 Å². The normalized spacial score (nSPS) is 15.2. The minimum atomic E-state index is 0.142. The van der Waals surface area contributed by atoms with E-state index in [1.807, 2.05) is 43.3 Å². The van der Waals surface area contributed by atoms with E-state index in [9.17, 15) is 4.79 Å². The summed E-state index contributed by atoms with van der Waals surface area (Å²) in [6.45, 7) is 0.447. The summed E-state index contributed by atoms with van der Waals surface area (Å²) in [5.74, 6) is 1.01. The first-order valence-corrected chi connectivity index (χ1v) is 5.60. The fraction of sp³-hybridized carbons (Fsp3) is 0.462. The van der Waals surface area contributed by atoms with E-state index < -0.39 is 0 Å². The molecule has 0 aliphatic heterocycles. The van der Waals surface area contributed by atoms with Crippen molar-refractivity contribution in [1.29, 1.82) is 0 Å². The highest BCUT2D eigenvalue weighted by Gasteiger charge is 2.23. The molecule has 86 valence electrons. The first-order valence-electron chi connectivity index (χ1n) is 5.60. The Balaban J connectivity index is 1.97. The summed E-state index contributed by atoms with van der Waals surface area (Å²) >= 11 is 0. The molecule has 2 rings (SSSR count). The van der Waals surface area contributed by atoms with Crippen LogP contribution in [-0.2, 0) is 0 Å². The van der Waals surface area contributed by atoms with E-state index in [1.165, 1.54) is 0 Å². The van der Waals surface area contributed by atoms with Crippen molar-refractivity contribution in [3.63, 3.8) is 0 Å². The number of Topliss-reactive ketones (excluding diaryl/α,β-unsaturated/α-hetero) is 1. The average molecular weight is 219 g/mol. The minimum Gasteiger partial charge on any atom is -0.490 e. The Morgan fingerprint density at radius 1 is 1.31 bits per heavy atom. The number of hydrogen-bond donors (Lipinski definition) is 0. The van der Waals surface area contributed by atoms with Crippen molar-refractivity contribution in [2.24, 2.45) is 0 Å². The van der Waals surface area contributed by atoms with Crippen LogP contribution in [-0.4, -0.2) is 37.4 Å². The summed E-state index contributed by atoms with van der Waals surface area (Å²) in [4.78, 5) is 13.6. The molecule has 1 aliphatic carbocycles. The highest BCUT2D eigenvalue weighted by Crippen LogP contribution is 2.26. The fourth-order valence-corrected chi connectivity index (χ4v) is 1.48. The van der Waals surface area contributed by atoms with Crippen molar-refractivity contribution in [3.05, 3.63) is 29.8 Å². The van der Waals surface area contributed by atoms with Crippen molar-refractivity contribution >= 4 is 5.78 Å². The Morgan fingerprint density at radius 2 is 1.94 bits per heavy atom. The van der Waals surface area contributed by atoms with Crippen LogP contribution < -0.4 is 4.74 Å². The lowest BCUT2D eigenvalue weighted by molar-refractivity contribution is 0.0958. The quantitative estimate of drug-likeness (QED) is 0.709. The van der Waals surface area contributed by atoms with Crippen molar-refractivity contribution in [2.75, 3.05) is 20.6 Å². The molecule has 0 atom stereocenters. The summed E-state index contributed by atoms with van der Waals surface area (Å²) in [5, 5.41) is 0. The summed E-state index contributed by atoms with van der Waals surface area (Å²) in [5.41, 5.74) is 0.747. The number of rotatable bonds is 5. The van der Waals surface area contributed by atoms with Gasteiger partial charge in [-0.15, -0.1) is 0 Å². The molecule has 3 heteroatoms. The van der Waals surface area contributed by atoms with Crippen LogP contribution in [0.15, 0.2) is 24.3 Å². The lowest BCUT2D eigenvalue weighted by atomic mass is 10.1. The predicted octanol–water partition coefficient (Wildman–Crippen LogP) is 1.97. The molecular weight excluding hydrogens is 202 g/mol. The topological polar surface area (TPSA) is 29.5 Å². The highest BCUT2D eigenvalue weighted by atomic mass is 16.5. The van der Waals surface area contributed by atoms with Gasteiger partial charge in [-0.2, -0.15) is 0 Å². The summed E-state index contributed by atoms with van der Waals surface area (Å²) in [6.07, 6.45) is 2.71. The van der Waals surface area contributed by atoms with Crippen molar-refractivity contribution in [1.82, 2.24) is 4.90 Å². The Labute approximate surface area is 96.0 Å². The van der Waals surface area contributed by atoms with Gasteiger partial charge < -0.3 is 9.64 Å². The second kappa shape index (κ2) is 4.66. The van der Waals surface area contributed by atoms with Crippen molar-refractivity contribution in [3.8, 4) is 5.75 Å². The van der Waals surface area contributed by atoms with Gasteiger partial charge >= 0.3 is 0 Å². The Bertz CT molecular complexity index is 366. The number of carbonyl (C=O) groups is 1. The second-order valence-electron chi connectivity index (χ2n) is 4.50. The molecule has 16 heavy (non-hydrogen) atoms. The number of benzene rings is 1. The predicted molar refractivity (Wildman–Crippen MR) is 63.0 cm³/mol. The molecule has 0 amide bonds. The van der Waals surface area contributed by atoms with Gasteiger partial charge in [0.25, 0.3) is 0 Å². The molecule has 0 N–H and O–H groups in total. The van der Waals surface area contributed by atoms with Crippen molar-refractivity contribution in [2.45, 2.75) is 18.9 Å². The van der Waals surface area contributed by atoms with Crippen LogP contribution in [0.2, 0.25) is 0 Å². The standard InChI is InChI=1S/C13H17NO2/c1-14(2)9-13(15)10-3-5-11(6-4-10)16-12-7-8-12/h3-6,12H,7-9H2,1-2H3. The molecule has 0 unspecified atom stereocenters. The van der Waals surface area contributed by atoms with Crippen LogP contribution in [0, 0.1) is 0 Å². The fourth-order valence-electron chi connectivity index (χ4n) is 1.48. The zero-order valence-corrected chi connectivity index (χ0v) is 9.77. The van der Waals surface area contributed by atoms with E-state index >= 15 is 0 Å². The van der Waals surface area contributed by atoms with Gasteiger partial charge in [0.2, 0.25) is 0 Å². The van der Waals surface area contributed by atoms with Crippen LogP contribution in [0.25, 0.3) is 0 Å². The van der Waals surface area contributed by atoms with Gasteiger partial charge in [-0.05, 0) is 51.2 Å². The van der Waals surface area contributed by atoms with E-state index in [1.54, 1.807) is 0 Å². The van der Waals surface area contributed by atoms with E-state index in [0.29, 0.717) is 12.6 Å². The maximum absolute atomic E-state index is 11.7. The van der Waals surface area contributed by atoms with E-state index in [2.05, 4.69) is 0 Å². The molecule has 0 bridgehead atoms. The number of ketones is 1. The zero-order valence-electron chi connectivity index (χ0n) is 9.77. The SMILES string of the molecule is CN(C)CC(=O)c1ccc(OC2CC2)cc1. The summed E-state index contributed by atoms with van der Waals surface area (Å²) in [6, 6.07) is 7.43. The highest BCUT2D eigenvalue weighted by molar-refractivity contribution is 5.97. The number of hydrogen-bond acceptors (Lipinski definition) is 3. The molecule has 1 fully saturated rings. The van der Waals surface area contributed by atoms with Gasteiger partial charge in [0.15, 0.2) is 5.78 Å². The second-order valence-corrected chi connectivity index (χ2v) is 4.50. The van der Waals surface area contributed by atoms with Crippen LogP contribution in [0.4, 0.5) is 0 Å². The number of nitrogens with zero attached hydrogens (tertiary/aromatic N) is 1. The van der Waals surface area contributed by atoms with Gasteiger partial charge in [-0.3, -0.25) is 4.79 Å². The smallest absolute Gasteiger partial charge is 0.176 e. The lowest BCUT2D eigenvalue weighted by Gasteiger charge is -2.09. The van der Waals surface area contributed by atoms with Gasteiger partial charge in [-0.25, -0.2) is 0 Å². The average Bonchev–Trinajstić information content (AvgIpc) is 3.01. The molecule has 3 nitrogen and oxygen atoms in total. The summed E-state index contributed by atoms with van der Waals surface area (Å²) < 4.78 is 5.62. The first kappa shape index (κ1) is 11.1. The van der Waals surface area contributed by atoms with E-state index in [0.717, 1.165) is 24.2 Å². The monoisotopic (exact) mass is 219 g/mol. The lowest BCUT2D eigenvalue weighted by Crippen LogP contribution is -2.21. The molecule has 0 saturated heterocycles. The third-order valence-electron chi connectivity index (χ3n) is 2.46. The van der Waals surface area contributed by atoms with Gasteiger partial charge in [-0.1, -0.05) is 0 Å². The van der Waals surface area contributed by atoms with E-state index in [4.69, 9.17) is 4.74 Å². The molecular formula is C13H17NO2. The van der Waals surface area contributed by atoms with Crippen LogP contribution in [0.1, 0.15) is 23.2 Å². The molecule has 0 spiro atoms. The number of ether oxygens (including phenoxy) is 1. The van der Waals surface area contributed by atoms with Gasteiger partial charge in [0.1, 0.15) is 5.75 Å². The maximum Gasteiger partial charge on any atom is 0.176 e. The van der Waals surface area contributed by atoms with Gasteiger partial charge in [0.05, 0.1) is 12.6 Å². The van der Waals surface area contributed by atoms with Crippen LogP contribution in [0.3, 0.4) is 0 Å².